The summed E-state index contributed by atoms with van der Waals surface area (Å²) < 4.78 is 34.8. The van der Waals surface area contributed by atoms with Gasteiger partial charge >= 0.3 is 12.6 Å². The van der Waals surface area contributed by atoms with Gasteiger partial charge in [0.25, 0.3) is 0 Å². The Kier molecular flexibility index (Phi) is 7.33. The highest BCUT2D eigenvalue weighted by Crippen LogP contribution is 2.38. The van der Waals surface area contributed by atoms with Crippen molar-refractivity contribution in [2.24, 2.45) is 0 Å². The van der Waals surface area contributed by atoms with Crippen LogP contribution in [-0.4, -0.2) is 31.0 Å². The summed E-state index contributed by atoms with van der Waals surface area (Å²) in [6, 6.07) is 2.98. The fraction of sp³-hybridized carbons (Fsp3) is 0.294. The lowest BCUT2D eigenvalue weighted by atomic mass is 10.0. The molecule has 26 heavy (non-hydrogen) atoms. The second-order valence-corrected chi connectivity index (χ2v) is 6.98. The summed E-state index contributed by atoms with van der Waals surface area (Å²) in [5.41, 5.74) is -0.256. The molecule has 2 rings (SSSR count). The average molecular weight is 495 g/mol. The number of nitrogens with one attached hydrogen (secondary N) is 1. The van der Waals surface area contributed by atoms with Gasteiger partial charge in [0, 0.05) is 17.8 Å². The number of carbonyl (C=O) groups excluding carboxylic acids is 2. The van der Waals surface area contributed by atoms with Gasteiger partial charge in [-0.3, -0.25) is 4.79 Å². The van der Waals surface area contributed by atoms with Crippen molar-refractivity contribution in [3.63, 3.8) is 0 Å². The van der Waals surface area contributed by atoms with Crippen LogP contribution in [0.1, 0.15) is 23.2 Å². The van der Waals surface area contributed by atoms with Crippen LogP contribution in [0.3, 0.4) is 0 Å². The van der Waals surface area contributed by atoms with Crippen LogP contribution in [-0.2, 0) is 9.53 Å². The molecule has 0 aliphatic heterocycles. The molecular weight excluding hydrogens is 480 g/mol. The summed E-state index contributed by atoms with van der Waals surface area (Å²) in [4.78, 5) is 25.0. The van der Waals surface area contributed by atoms with Gasteiger partial charge in [-0.15, -0.1) is 0 Å². The van der Waals surface area contributed by atoms with Crippen LogP contribution in [0.25, 0.3) is 0 Å². The van der Waals surface area contributed by atoms with Crippen molar-refractivity contribution < 1.29 is 27.8 Å². The van der Waals surface area contributed by atoms with Crippen LogP contribution in [0.2, 0.25) is 0 Å². The molecule has 0 amide bonds. The van der Waals surface area contributed by atoms with E-state index in [-0.39, 0.29) is 38.5 Å². The SMILES string of the molecule is C=CCOC(=O)/C(=C/NC1CC1)C(=O)c1ccc(Br)c(OC(F)F)c1Br. The first kappa shape index (κ1) is 20.6. The van der Waals surface area contributed by atoms with Gasteiger partial charge in [-0.2, -0.15) is 8.78 Å². The summed E-state index contributed by atoms with van der Waals surface area (Å²) in [5.74, 6) is -1.76. The van der Waals surface area contributed by atoms with Crippen LogP contribution >= 0.6 is 31.9 Å². The summed E-state index contributed by atoms with van der Waals surface area (Å²) in [6.45, 7) is 0.311. The molecule has 1 aliphatic rings. The van der Waals surface area contributed by atoms with E-state index in [1.165, 1.54) is 24.4 Å². The largest absolute Gasteiger partial charge is 0.458 e. The Labute approximate surface area is 165 Å². The smallest absolute Gasteiger partial charge is 0.387 e. The minimum Gasteiger partial charge on any atom is -0.458 e. The van der Waals surface area contributed by atoms with Crippen LogP contribution < -0.4 is 10.1 Å². The standard InChI is InChI=1S/C17H15Br2F2NO4/c1-2-7-25-16(24)11(8-22-9-3-4-9)14(23)10-5-6-12(18)15(13(10)19)26-17(20)21/h2,5-6,8-9,17,22H,1,3-4,7H2/b11-8+. The number of hydrogen-bond donors (Lipinski definition) is 1. The van der Waals surface area contributed by atoms with Crippen molar-refractivity contribution >= 4 is 43.6 Å². The number of benzene rings is 1. The maximum absolute atomic E-state index is 12.8. The number of ketones is 1. The molecule has 0 saturated heterocycles. The highest BCUT2D eigenvalue weighted by molar-refractivity contribution is 9.11. The molecule has 0 aromatic heterocycles. The zero-order chi connectivity index (χ0) is 19.3. The lowest BCUT2D eigenvalue weighted by molar-refractivity contribution is -0.137. The third-order valence-corrected chi connectivity index (χ3v) is 4.75. The molecule has 0 unspecified atom stereocenters. The number of alkyl halides is 2. The second kappa shape index (κ2) is 9.27. The van der Waals surface area contributed by atoms with Gasteiger partial charge in [-0.05, 0) is 56.8 Å². The molecule has 0 radical (unpaired) electrons. The van der Waals surface area contributed by atoms with E-state index in [9.17, 15) is 18.4 Å². The third kappa shape index (κ3) is 5.38. The van der Waals surface area contributed by atoms with Crippen LogP contribution in [0.15, 0.2) is 45.5 Å². The van der Waals surface area contributed by atoms with Crippen LogP contribution in [0.4, 0.5) is 8.78 Å². The van der Waals surface area contributed by atoms with Crippen molar-refractivity contribution in [1.82, 2.24) is 5.32 Å². The highest BCUT2D eigenvalue weighted by atomic mass is 79.9. The molecule has 1 aliphatic carbocycles. The fourth-order valence-corrected chi connectivity index (χ4v) is 3.24. The topological polar surface area (TPSA) is 64.6 Å². The molecule has 1 aromatic rings. The minimum atomic E-state index is -3.07. The Morgan fingerprint density at radius 3 is 2.62 bits per heavy atom. The number of rotatable bonds is 9. The molecule has 1 saturated carbocycles. The number of ether oxygens (including phenoxy) is 2. The van der Waals surface area contributed by atoms with E-state index in [1.54, 1.807) is 0 Å². The first-order chi connectivity index (χ1) is 12.3. The summed E-state index contributed by atoms with van der Waals surface area (Å²) in [7, 11) is 0. The molecule has 0 spiro atoms. The predicted molar refractivity (Wildman–Crippen MR) is 98.2 cm³/mol. The van der Waals surface area contributed by atoms with Gasteiger partial charge in [-0.1, -0.05) is 12.7 Å². The first-order valence-electron chi connectivity index (χ1n) is 7.56. The van der Waals surface area contributed by atoms with Gasteiger partial charge in [0.15, 0.2) is 5.75 Å². The van der Waals surface area contributed by atoms with Crippen LogP contribution in [0.5, 0.6) is 5.75 Å². The highest BCUT2D eigenvalue weighted by Gasteiger charge is 2.27. The van der Waals surface area contributed by atoms with E-state index >= 15 is 0 Å². The van der Waals surface area contributed by atoms with Crippen LogP contribution in [0, 0.1) is 0 Å². The Balaban J connectivity index is 2.36. The molecular formula is C17H15Br2F2NO4. The van der Waals surface area contributed by atoms with Gasteiger partial charge in [-0.25, -0.2) is 4.79 Å². The number of hydrogen-bond acceptors (Lipinski definition) is 5. The molecule has 1 N–H and O–H groups in total. The Bertz CT molecular complexity index is 749. The molecule has 9 heteroatoms. The van der Waals surface area contributed by atoms with Crippen molar-refractivity contribution in [2.75, 3.05) is 6.61 Å². The number of carbonyl (C=O) groups is 2. The normalized spacial score (nSPS) is 14.1. The lowest BCUT2D eigenvalue weighted by Gasteiger charge is -2.13. The van der Waals surface area contributed by atoms with E-state index in [2.05, 4.69) is 48.5 Å². The number of Topliss-reactive ketones (excluding diaryl/α,β-unsaturated/α-hetero) is 1. The summed E-state index contributed by atoms with van der Waals surface area (Å²) >= 11 is 6.19. The van der Waals surface area contributed by atoms with Gasteiger partial charge in [0.2, 0.25) is 5.78 Å². The van der Waals surface area contributed by atoms with Crippen molar-refractivity contribution in [2.45, 2.75) is 25.5 Å². The maximum atomic E-state index is 12.8. The molecule has 1 fully saturated rings. The van der Waals surface area contributed by atoms with E-state index in [4.69, 9.17) is 4.74 Å². The quantitative estimate of drug-likeness (QED) is 0.138. The molecule has 5 nitrogen and oxygen atoms in total. The summed E-state index contributed by atoms with van der Waals surface area (Å²) in [5, 5.41) is 2.96. The van der Waals surface area contributed by atoms with Crippen molar-refractivity contribution in [1.29, 1.82) is 0 Å². The van der Waals surface area contributed by atoms with E-state index in [0.717, 1.165) is 12.8 Å². The molecule has 0 bridgehead atoms. The van der Waals surface area contributed by atoms with Gasteiger partial charge in [0.05, 0.1) is 8.95 Å². The van der Waals surface area contributed by atoms with E-state index in [1.807, 2.05) is 0 Å². The second-order valence-electron chi connectivity index (χ2n) is 5.33. The summed E-state index contributed by atoms with van der Waals surface area (Å²) in [6.07, 6.45) is 4.55. The fourth-order valence-electron chi connectivity index (χ4n) is 1.93. The molecule has 0 atom stereocenters. The van der Waals surface area contributed by atoms with Gasteiger partial charge in [0.1, 0.15) is 12.2 Å². The lowest BCUT2D eigenvalue weighted by Crippen LogP contribution is -2.21. The predicted octanol–water partition coefficient (Wildman–Crippen LogP) is 4.36. The van der Waals surface area contributed by atoms with Gasteiger partial charge < -0.3 is 14.8 Å². The molecule has 1 aromatic carbocycles. The van der Waals surface area contributed by atoms with Crippen molar-refractivity contribution in [3.8, 4) is 5.75 Å². The molecule has 140 valence electrons. The van der Waals surface area contributed by atoms with E-state index < -0.39 is 18.4 Å². The monoisotopic (exact) mass is 493 g/mol. The van der Waals surface area contributed by atoms with E-state index in [0.29, 0.717) is 0 Å². The minimum absolute atomic E-state index is 0.00557. The average Bonchev–Trinajstić information content (AvgIpc) is 3.40. The number of esters is 1. The maximum Gasteiger partial charge on any atom is 0.387 e. The Hall–Kier alpha value is -1.74. The number of halogens is 4. The zero-order valence-corrected chi connectivity index (χ0v) is 16.6. The first-order valence-corrected chi connectivity index (χ1v) is 9.15. The zero-order valence-electron chi connectivity index (χ0n) is 13.4. The Morgan fingerprint density at radius 2 is 2.04 bits per heavy atom. The Morgan fingerprint density at radius 1 is 1.35 bits per heavy atom. The third-order valence-electron chi connectivity index (χ3n) is 3.34. The van der Waals surface area contributed by atoms with Crippen molar-refractivity contribution in [3.05, 3.63) is 51.1 Å². The molecule has 0 heterocycles.